The second-order valence-electron chi connectivity index (χ2n) is 6.04. The quantitative estimate of drug-likeness (QED) is 0.492. The van der Waals surface area contributed by atoms with Gasteiger partial charge in [-0.25, -0.2) is 4.98 Å². The molecule has 8 heteroatoms. The highest BCUT2D eigenvalue weighted by Crippen LogP contribution is 2.30. The summed E-state index contributed by atoms with van der Waals surface area (Å²) in [6, 6.07) is 16.4. The molecule has 0 saturated carbocycles. The summed E-state index contributed by atoms with van der Waals surface area (Å²) in [7, 11) is 0. The molecule has 1 N–H and O–H groups in total. The Balaban J connectivity index is 1.60. The summed E-state index contributed by atoms with van der Waals surface area (Å²) in [5.74, 6) is -0.396. The summed E-state index contributed by atoms with van der Waals surface area (Å²) in [6.45, 7) is -0.177. The number of thiophene rings is 1. The van der Waals surface area contributed by atoms with E-state index in [1.54, 1.807) is 18.2 Å². The Kier molecular flexibility index (Phi) is 5.17. The fourth-order valence-electron chi connectivity index (χ4n) is 2.74. The maximum atomic E-state index is 12.8. The molecule has 0 aliphatic heterocycles. The first-order chi connectivity index (χ1) is 13.5. The van der Waals surface area contributed by atoms with E-state index in [4.69, 9.17) is 23.2 Å². The third-order valence-corrected chi connectivity index (χ3v) is 5.80. The van der Waals surface area contributed by atoms with Crippen LogP contribution in [-0.2, 0) is 11.3 Å². The average molecular weight is 430 g/mol. The molecule has 0 aliphatic rings. The van der Waals surface area contributed by atoms with Gasteiger partial charge in [0.05, 0.1) is 22.6 Å². The van der Waals surface area contributed by atoms with Crippen molar-refractivity contribution in [1.29, 1.82) is 0 Å². The summed E-state index contributed by atoms with van der Waals surface area (Å²) in [5.41, 5.74) is 1.77. The van der Waals surface area contributed by atoms with Crippen LogP contribution in [-0.4, -0.2) is 15.5 Å². The molecule has 0 aliphatic carbocycles. The van der Waals surface area contributed by atoms with E-state index in [-0.39, 0.29) is 12.1 Å². The van der Waals surface area contributed by atoms with Gasteiger partial charge in [0.15, 0.2) is 0 Å². The van der Waals surface area contributed by atoms with Crippen LogP contribution in [0, 0.1) is 0 Å². The number of rotatable bonds is 4. The molecule has 0 atom stereocenters. The Morgan fingerprint density at radius 3 is 2.68 bits per heavy atom. The predicted molar refractivity (Wildman–Crippen MR) is 114 cm³/mol. The molecule has 28 heavy (non-hydrogen) atoms. The molecule has 0 spiro atoms. The van der Waals surface area contributed by atoms with Crippen LogP contribution in [0.4, 0.5) is 5.69 Å². The van der Waals surface area contributed by atoms with Gasteiger partial charge in [0, 0.05) is 9.90 Å². The van der Waals surface area contributed by atoms with Crippen LogP contribution in [0.3, 0.4) is 0 Å². The fraction of sp³-hybridized carbons (Fsp3) is 0.0500. The van der Waals surface area contributed by atoms with E-state index in [0.29, 0.717) is 25.9 Å². The second-order valence-corrected chi connectivity index (χ2v) is 7.94. The van der Waals surface area contributed by atoms with Crippen molar-refractivity contribution < 1.29 is 4.79 Å². The summed E-state index contributed by atoms with van der Waals surface area (Å²) in [6.07, 6.45) is 1.38. The first-order valence-corrected chi connectivity index (χ1v) is 9.88. The minimum atomic E-state index is -0.396. The number of benzene rings is 2. The van der Waals surface area contributed by atoms with Crippen molar-refractivity contribution in [2.45, 2.75) is 6.54 Å². The highest BCUT2D eigenvalue weighted by molar-refractivity contribution is 7.22. The largest absolute Gasteiger partial charge is 0.323 e. The lowest BCUT2D eigenvalue weighted by Crippen LogP contribution is -2.27. The summed E-state index contributed by atoms with van der Waals surface area (Å²) < 4.78 is 1.79. The highest BCUT2D eigenvalue weighted by atomic mass is 35.5. The van der Waals surface area contributed by atoms with Gasteiger partial charge in [-0.3, -0.25) is 14.2 Å². The molecule has 0 unspecified atom stereocenters. The minimum absolute atomic E-state index is 0.177. The molecular formula is C20H13Cl2N3O2S. The van der Waals surface area contributed by atoms with Crippen LogP contribution in [0.2, 0.25) is 10.0 Å². The van der Waals surface area contributed by atoms with Crippen LogP contribution >= 0.6 is 34.5 Å². The van der Waals surface area contributed by atoms with Crippen molar-refractivity contribution in [1.82, 2.24) is 9.55 Å². The molecule has 4 rings (SSSR count). The molecular weight excluding hydrogens is 417 g/mol. The second kappa shape index (κ2) is 7.75. The third-order valence-electron chi connectivity index (χ3n) is 4.08. The van der Waals surface area contributed by atoms with E-state index in [2.05, 4.69) is 10.3 Å². The van der Waals surface area contributed by atoms with Gasteiger partial charge in [0.25, 0.3) is 5.56 Å². The number of anilines is 1. The molecule has 2 heterocycles. The van der Waals surface area contributed by atoms with Crippen LogP contribution in [0.15, 0.2) is 65.7 Å². The Labute approximate surface area is 174 Å². The normalized spacial score (nSPS) is 10.9. The van der Waals surface area contributed by atoms with Gasteiger partial charge in [0.1, 0.15) is 11.2 Å². The Morgan fingerprint density at radius 1 is 1.11 bits per heavy atom. The lowest BCUT2D eigenvalue weighted by molar-refractivity contribution is -0.116. The number of hydrogen-bond donors (Lipinski definition) is 1. The molecule has 1 amide bonds. The number of aromatic nitrogens is 2. The Bertz CT molecular complexity index is 1240. The van der Waals surface area contributed by atoms with Gasteiger partial charge in [-0.15, -0.1) is 11.3 Å². The zero-order valence-corrected chi connectivity index (χ0v) is 16.7. The maximum Gasteiger partial charge on any atom is 0.271 e. The van der Waals surface area contributed by atoms with Gasteiger partial charge in [0.2, 0.25) is 5.91 Å². The zero-order valence-electron chi connectivity index (χ0n) is 14.4. The molecule has 0 saturated heterocycles. The summed E-state index contributed by atoms with van der Waals surface area (Å²) >= 11 is 13.4. The van der Waals surface area contributed by atoms with Crippen molar-refractivity contribution in [2.75, 3.05) is 5.32 Å². The number of nitrogens with zero attached hydrogens (tertiary/aromatic N) is 2. The number of carbonyl (C=O) groups is 1. The summed E-state index contributed by atoms with van der Waals surface area (Å²) in [5, 5.41) is 3.48. The monoisotopic (exact) mass is 429 g/mol. The Hall–Kier alpha value is -2.67. The smallest absolute Gasteiger partial charge is 0.271 e. The van der Waals surface area contributed by atoms with Gasteiger partial charge < -0.3 is 5.32 Å². The van der Waals surface area contributed by atoms with Crippen LogP contribution in [0.5, 0.6) is 0 Å². The van der Waals surface area contributed by atoms with Crippen LogP contribution < -0.4 is 10.9 Å². The van der Waals surface area contributed by atoms with Crippen molar-refractivity contribution >= 4 is 56.3 Å². The van der Waals surface area contributed by atoms with E-state index in [9.17, 15) is 9.59 Å². The molecule has 0 radical (unpaired) electrons. The Morgan fingerprint density at radius 2 is 1.89 bits per heavy atom. The molecule has 4 aromatic rings. The van der Waals surface area contributed by atoms with Gasteiger partial charge in [-0.2, -0.15) is 0 Å². The maximum absolute atomic E-state index is 12.8. The van der Waals surface area contributed by atoms with Crippen molar-refractivity contribution in [3.8, 4) is 10.4 Å². The van der Waals surface area contributed by atoms with Crippen molar-refractivity contribution in [2.24, 2.45) is 0 Å². The number of carbonyl (C=O) groups excluding carboxylic acids is 1. The lowest BCUT2D eigenvalue weighted by Gasteiger charge is -2.09. The molecule has 0 bridgehead atoms. The van der Waals surface area contributed by atoms with E-state index in [1.165, 1.54) is 22.2 Å². The zero-order chi connectivity index (χ0) is 19.7. The van der Waals surface area contributed by atoms with E-state index >= 15 is 0 Å². The van der Waals surface area contributed by atoms with Gasteiger partial charge in [-0.05, 0) is 29.8 Å². The average Bonchev–Trinajstić information content (AvgIpc) is 3.13. The lowest BCUT2D eigenvalue weighted by atomic mass is 10.2. The van der Waals surface area contributed by atoms with E-state index in [0.717, 1.165) is 10.4 Å². The number of halogens is 2. The number of hydrogen-bond acceptors (Lipinski definition) is 4. The van der Waals surface area contributed by atoms with E-state index in [1.807, 2.05) is 36.4 Å². The van der Waals surface area contributed by atoms with Gasteiger partial charge >= 0.3 is 0 Å². The third kappa shape index (κ3) is 3.80. The highest BCUT2D eigenvalue weighted by Gasteiger charge is 2.13. The number of fused-ring (bicyclic) bond motifs is 1. The SMILES string of the molecule is O=C(Cn1cnc2cc(-c3ccccc3)sc2c1=O)Nc1cc(Cl)ccc1Cl. The van der Waals surface area contributed by atoms with Crippen LogP contribution in [0.1, 0.15) is 0 Å². The standard InChI is InChI=1S/C20H13Cl2N3O2S/c21-13-6-7-14(22)15(8-13)24-18(26)10-25-11-23-16-9-17(28-19(16)20(25)27)12-4-2-1-3-5-12/h1-9,11H,10H2,(H,24,26). The van der Waals surface area contributed by atoms with Crippen molar-refractivity contribution in [3.63, 3.8) is 0 Å². The topological polar surface area (TPSA) is 64.0 Å². The minimum Gasteiger partial charge on any atom is -0.323 e. The fourth-order valence-corrected chi connectivity index (χ4v) is 4.14. The molecule has 140 valence electrons. The summed E-state index contributed by atoms with van der Waals surface area (Å²) in [4.78, 5) is 30.4. The first kappa shape index (κ1) is 18.7. The number of amides is 1. The molecule has 2 aromatic carbocycles. The molecule has 2 aromatic heterocycles. The van der Waals surface area contributed by atoms with Gasteiger partial charge in [-0.1, -0.05) is 53.5 Å². The predicted octanol–water partition coefficient (Wildman–Crippen LogP) is 5.07. The van der Waals surface area contributed by atoms with Crippen LogP contribution in [0.25, 0.3) is 20.7 Å². The van der Waals surface area contributed by atoms with Crippen molar-refractivity contribution in [3.05, 3.63) is 81.3 Å². The first-order valence-electron chi connectivity index (χ1n) is 8.30. The molecule has 5 nitrogen and oxygen atoms in total. The van der Waals surface area contributed by atoms with E-state index < -0.39 is 5.91 Å². The molecule has 0 fully saturated rings. The number of nitrogens with one attached hydrogen (secondary N) is 1.